The summed E-state index contributed by atoms with van der Waals surface area (Å²) in [5.41, 5.74) is 19.0. The Morgan fingerprint density at radius 2 is 1.20 bits per heavy atom. The second-order valence-electron chi connectivity index (χ2n) is 17.1. The van der Waals surface area contributed by atoms with Crippen LogP contribution in [0.5, 0.6) is 0 Å². The highest BCUT2D eigenvalue weighted by atomic mass is 15.0. The Hall–Kier alpha value is -7.16. The number of nitrogens with one attached hydrogen (secondary N) is 1. The topological polar surface area (TPSA) is 17.0 Å². The molecule has 0 saturated heterocycles. The van der Waals surface area contributed by atoms with Gasteiger partial charge < -0.3 is 9.88 Å². The number of benzene rings is 8. The third-order valence-electron chi connectivity index (χ3n) is 13.5. The molecule has 1 N–H and O–H groups in total. The molecule has 286 valence electrons. The second-order valence-corrected chi connectivity index (χ2v) is 17.1. The minimum atomic E-state index is 0.163. The second kappa shape index (κ2) is 13.7. The number of rotatable bonds is 3. The highest BCUT2D eigenvalue weighted by Crippen LogP contribution is 2.50. The van der Waals surface area contributed by atoms with Crippen LogP contribution in [0.3, 0.4) is 0 Å². The summed E-state index contributed by atoms with van der Waals surface area (Å²) in [6.45, 7) is 4.83. The summed E-state index contributed by atoms with van der Waals surface area (Å²) in [4.78, 5) is 0. The molecule has 2 heteroatoms. The van der Waals surface area contributed by atoms with Gasteiger partial charge in [-0.1, -0.05) is 147 Å². The molecule has 1 aromatic heterocycles. The quantitative estimate of drug-likeness (QED) is 0.189. The van der Waals surface area contributed by atoms with Crippen molar-refractivity contribution in [1.29, 1.82) is 0 Å². The zero-order chi connectivity index (χ0) is 39.9. The summed E-state index contributed by atoms with van der Waals surface area (Å²) >= 11 is 0. The van der Waals surface area contributed by atoms with Crippen LogP contribution in [0.1, 0.15) is 60.1 Å². The fraction of sp³-hybridized carbons (Fsp3) is 0.103. The molecule has 1 aliphatic heterocycles. The van der Waals surface area contributed by atoms with Crippen LogP contribution in [0.2, 0.25) is 0 Å². The van der Waals surface area contributed by atoms with Crippen molar-refractivity contribution in [2.45, 2.75) is 32.1 Å². The van der Waals surface area contributed by atoms with Crippen molar-refractivity contribution in [1.82, 2.24) is 4.57 Å². The lowest BCUT2D eigenvalue weighted by Gasteiger charge is -2.33. The van der Waals surface area contributed by atoms with E-state index in [0.29, 0.717) is 5.92 Å². The first kappa shape index (κ1) is 34.8. The van der Waals surface area contributed by atoms with Crippen LogP contribution in [-0.4, -0.2) is 4.57 Å². The average Bonchev–Trinajstić information content (AvgIpc) is 3.63. The molecule has 2 heterocycles. The van der Waals surface area contributed by atoms with Gasteiger partial charge in [0.05, 0.1) is 5.52 Å². The van der Waals surface area contributed by atoms with E-state index < -0.39 is 0 Å². The number of hydrogen-bond donors (Lipinski definition) is 1. The molecule has 2 unspecified atom stereocenters. The molecular formula is C58H44N2. The number of allylic oxidation sites excluding steroid dienone is 5. The predicted molar refractivity (Wildman–Crippen MR) is 255 cm³/mol. The number of fused-ring (bicyclic) bond motifs is 12. The predicted octanol–water partition coefficient (Wildman–Crippen LogP) is 15.7. The maximum Gasteiger partial charge on any atom is 0.0538 e. The fourth-order valence-electron chi connectivity index (χ4n) is 10.5. The van der Waals surface area contributed by atoms with Gasteiger partial charge in [0, 0.05) is 45.2 Å². The van der Waals surface area contributed by atoms with Gasteiger partial charge in [0.15, 0.2) is 0 Å². The van der Waals surface area contributed by atoms with E-state index >= 15 is 0 Å². The number of hydrogen-bond acceptors (Lipinski definition) is 1. The van der Waals surface area contributed by atoms with E-state index in [0.717, 1.165) is 17.8 Å². The van der Waals surface area contributed by atoms with E-state index in [-0.39, 0.29) is 11.8 Å². The lowest BCUT2D eigenvalue weighted by atomic mass is 9.71. The van der Waals surface area contributed by atoms with Crippen LogP contribution < -0.4 is 5.32 Å². The standard InChI is InChI=1S/C58H44N2/c1-36-12-11-21-57-58(36)53-33-44(26-29-56(53)60(57)46-27-24-39(25-28-46)43-23-22-38-13-3-4-14-40(38)30-43)49-34-45-35-50(37(49)2)52-32-42-16-6-5-15-41(42)31-51(52)48-18-8-10-20-55(48)59-54-19-9-7-17-47(45)54/h3-11,13-37,50,59H,12H2,1-2H3/t36?,37?,50-/m0/s1. The van der Waals surface area contributed by atoms with Crippen molar-refractivity contribution >= 4 is 61.0 Å². The Balaban J connectivity index is 1.01. The average molecular weight is 769 g/mol. The molecule has 12 rings (SSSR count). The summed E-state index contributed by atoms with van der Waals surface area (Å²) < 4.78 is 2.49. The summed E-state index contributed by atoms with van der Waals surface area (Å²) in [6, 6.07) is 63.1. The van der Waals surface area contributed by atoms with Gasteiger partial charge in [-0.05, 0) is 145 Å². The Morgan fingerprint density at radius 1 is 0.550 bits per heavy atom. The molecule has 3 aliphatic rings. The molecule has 9 aromatic rings. The number of anilines is 2. The lowest BCUT2D eigenvalue weighted by Crippen LogP contribution is -2.16. The fourth-order valence-corrected chi connectivity index (χ4v) is 10.5. The van der Waals surface area contributed by atoms with E-state index in [1.807, 2.05) is 0 Å². The van der Waals surface area contributed by atoms with Crippen LogP contribution >= 0.6 is 0 Å². The third kappa shape index (κ3) is 5.55. The van der Waals surface area contributed by atoms with Crippen molar-refractivity contribution < 1.29 is 0 Å². The molecule has 3 atom stereocenters. The van der Waals surface area contributed by atoms with Crippen molar-refractivity contribution in [3.8, 4) is 27.9 Å². The summed E-state index contributed by atoms with van der Waals surface area (Å²) in [5.74, 6) is 0.810. The minimum absolute atomic E-state index is 0.163. The van der Waals surface area contributed by atoms with Gasteiger partial charge in [-0.3, -0.25) is 0 Å². The number of nitrogens with zero attached hydrogens (tertiary/aromatic N) is 1. The van der Waals surface area contributed by atoms with Crippen LogP contribution in [-0.2, 0) is 0 Å². The highest BCUT2D eigenvalue weighted by Gasteiger charge is 2.32. The SMILES string of the molecule is CC1CC=Cc2c1c1cc(C3=CC4=C[C@H](c5cc6ccccc6cc5-c5ccccc5Nc5ccccc54)C3C)ccc1n2-c1ccc(-c2ccc3ccccc3c2)cc1. The zero-order valence-corrected chi connectivity index (χ0v) is 33.9. The molecule has 0 saturated carbocycles. The molecule has 0 radical (unpaired) electrons. The van der Waals surface area contributed by atoms with Crippen molar-refractivity contribution in [3.63, 3.8) is 0 Å². The molecular weight excluding hydrogens is 725 g/mol. The van der Waals surface area contributed by atoms with E-state index in [1.165, 1.54) is 99.5 Å². The molecule has 2 nitrogen and oxygen atoms in total. The molecule has 0 fully saturated rings. The highest BCUT2D eigenvalue weighted by molar-refractivity contribution is 6.00. The van der Waals surface area contributed by atoms with Gasteiger partial charge in [0.2, 0.25) is 0 Å². The Morgan fingerprint density at radius 3 is 2.00 bits per heavy atom. The van der Waals surface area contributed by atoms with Gasteiger partial charge >= 0.3 is 0 Å². The van der Waals surface area contributed by atoms with E-state index in [4.69, 9.17) is 0 Å². The van der Waals surface area contributed by atoms with Crippen molar-refractivity contribution in [2.24, 2.45) is 5.92 Å². The third-order valence-corrected chi connectivity index (χ3v) is 13.5. The summed E-state index contributed by atoms with van der Waals surface area (Å²) in [5, 5.41) is 10.3. The van der Waals surface area contributed by atoms with Crippen LogP contribution in [0.4, 0.5) is 11.4 Å². The summed E-state index contributed by atoms with van der Waals surface area (Å²) in [7, 11) is 0. The smallest absolute Gasteiger partial charge is 0.0538 e. The Bertz CT molecular complexity index is 3300. The van der Waals surface area contributed by atoms with Crippen molar-refractivity contribution in [3.05, 3.63) is 216 Å². The van der Waals surface area contributed by atoms with Gasteiger partial charge in [-0.25, -0.2) is 0 Å². The molecule has 8 aromatic carbocycles. The maximum atomic E-state index is 3.89. The molecule has 2 aliphatic carbocycles. The number of para-hydroxylation sites is 2. The van der Waals surface area contributed by atoms with Crippen LogP contribution in [0.25, 0.3) is 77.6 Å². The first-order valence-corrected chi connectivity index (χ1v) is 21.4. The zero-order valence-electron chi connectivity index (χ0n) is 33.9. The van der Waals surface area contributed by atoms with E-state index in [9.17, 15) is 0 Å². The molecule has 2 bridgehead atoms. The first-order valence-electron chi connectivity index (χ1n) is 21.4. The van der Waals surface area contributed by atoms with E-state index in [2.05, 4.69) is 218 Å². The monoisotopic (exact) mass is 768 g/mol. The Labute approximate surface area is 351 Å². The molecule has 0 spiro atoms. The first-order chi connectivity index (χ1) is 29.6. The maximum absolute atomic E-state index is 3.89. The van der Waals surface area contributed by atoms with Gasteiger partial charge in [0.25, 0.3) is 0 Å². The van der Waals surface area contributed by atoms with Gasteiger partial charge in [0.1, 0.15) is 0 Å². The number of aromatic nitrogens is 1. The molecule has 60 heavy (non-hydrogen) atoms. The van der Waals surface area contributed by atoms with Gasteiger partial charge in [-0.2, -0.15) is 0 Å². The van der Waals surface area contributed by atoms with Gasteiger partial charge in [-0.15, -0.1) is 0 Å². The summed E-state index contributed by atoms with van der Waals surface area (Å²) in [6.07, 6.45) is 10.8. The largest absolute Gasteiger partial charge is 0.355 e. The minimum Gasteiger partial charge on any atom is -0.355 e. The van der Waals surface area contributed by atoms with Crippen molar-refractivity contribution in [2.75, 3.05) is 5.32 Å². The van der Waals surface area contributed by atoms with Crippen LogP contribution in [0, 0.1) is 5.92 Å². The molecule has 0 amide bonds. The normalized spacial score (nSPS) is 17.9. The lowest BCUT2D eigenvalue weighted by molar-refractivity contribution is 0.657. The van der Waals surface area contributed by atoms with Crippen LogP contribution in [0.15, 0.2) is 188 Å². The Kier molecular flexibility index (Phi) is 7.96. The van der Waals surface area contributed by atoms with E-state index in [1.54, 1.807) is 0 Å².